The molecule has 0 bridgehead atoms. The number of amides is 3. The molecule has 2 atom stereocenters. The molecule has 236 valence electrons. The van der Waals surface area contributed by atoms with Crippen LogP contribution in [-0.2, 0) is 19.1 Å². The summed E-state index contributed by atoms with van der Waals surface area (Å²) in [7, 11) is 0. The van der Waals surface area contributed by atoms with Crippen LogP contribution in [0.1, 0.15) is 137 Å². The zero-order chi connectivity index (χ0) is 30.3. The standard InChI is InChI=1S/C32H57N3O6/c1-6-7-8-9-10-12-17-31(18-15-16-19-31)35(28(33)39)32(20-13-11-14-21-32)24(27(37)38)22-34-26(36)25-29(2,3)23-40-30(4,5)41-25/h24-25H,6-23H2,1-5H3,(H2,33,39)(H,34,36)(H,37,38). The Balaban J connectivity index is 1.88. The average molecular weight is 580 g/mol. The van der Waals surface area contributed by atoms with Crippen molar-refractivity contribution in [3.8, 4) is 0 Å². The van der Waals surface area contributed by atoms with E-state index in [2.05, 4.69) is 12.2 Å². The maximum Gasteiger partial charge on any atom is 0.315 e. The molecular formula is C32H57N3O6. The van der Waals surface area contributed by atoms with Crippen LogP contribution < -0.4 is 11.1 Å². The van der Waals surface area contributed by atoms with E-state index in [0.717, 1.165) is 64.2 Å². The summed E-state index contributed by atoms with van der Waals surface area (Å²) in [5.41, 5.74) is 4.29. The molecule has 3 aliphatic rings. The van der Waals surface area contributed by atoms with Crippen molar-refractivity contribution in [3.05, 3.63) is 0 Å². The molecule has 0 radical (unpaired) electrons. The Hall–Kier alpha value is -1.87. The van der Waals surface area contributed by atoms with Gasteiger partial charge in [-0.15, -0.1) is 0 Å². The monoisotopic (exact) mass is 579 g/mol. The Labute approximate surface area is 247 Å². The SMILES string of the molecule is CCCCCCCCC1(N(C(N)=O)C2(C(CNC(=O)C3OC(C)(C)OCC3(C)C)C(=O)O)CCCCC2)CCCC1. The van der Waals surface area contributed by atoms with E-state index in [4.69, 9.17) is 15.2 Å². The van der Waals surface area contributed by atoms with Gasteiger partial charge in [-0.3, -0.25) is 9.59 Å². The fourth-order valence-corrected chi connectivity index (χ4v) is 7.79. The van der Waals surface area contributed by atoms with Crippen molar-refractivity contribution in [1.82, 2.24) is 10.2 Å². The third-order valence-corrected chi connectivity index (χ3v) is 9.96. The molecule has 1 saturated heterocycles. The van der Waals surface area contributed by atoms with Crippen molar-refractivity contribution in [2.45, 2.75) is 160 Å². The minimum Gasteiger partial charge on any atom is -0.481 e. The van der Waals surface area contributed by atoms with Gasteiger partial charge in [-0.2, -0.15) is 0 Å². The van der Waals surface area contributed by atoms with E-state index in [-0.39, 0.29) is 12.5 Å². The Morgan fingerprint density at radius 2 is 1.51 bits per heavy atom. The molecule has 0 spiro atoms. The van der Waals surface area contributed by atoms with E-state index >= 15 is 0 Å². The summed E-state index contributed by atoms with van der Waals surface area (Å²) in [6.45, 7) is 9.84. The summed E-state index contributed by atoms with van der Waals surface area (Å²) in [6, 6.07) is -0.520. The Kier molecular flexibility index (Phi) is 11.5. The van der Waals surface area contributed by atoms with Gasteiger partial charge in [-0.25, -0.2) is 4.79 Å². The summed E-state index contributed by atoms with van der Waals surface area (Å²) in [5.74, 6) is -3.24. The van der Waals surface area contributed by atoms with Crippen LogP contribution in [0.4, 0.5) is 4.79 Å². The summed E-state index contributed by atoms with van der Waals surface area (Å²) in [5, 5.41) is 13.6. The minimum absolute atomic E-state index is 0.0811. The van der Waals surface area contributed by atoms with Gasteiger partial charge in [-0.05, 0) is 46.0 Å². The number of carboxylic acid groups (broad SMARTS) is 1. The molecule has 9 heteroatoms. The second-order valence-corrected chi connectivity index (χ2v) is 14.1. The third kappa shape index (κ3) is 7.95. The van der Waals surface area contributed by atoms with Gasteiger partial charge in [0.15, 0.2) is 5.79 Å². The lowest BCUT2D eigenvalue weighted by atomic mass is 9.68. The second kappa shape index (κ2) is 14.1. The number of nitrogens with zero attached hydrogens (tertiary/aromatic N) is 1. The molecule has 3 fully saturated rings. The highest BCUT2D eigenvalue weighted by Gasteiger charge is 2.57. The number of primary amides is 1. The molecule has 41 heavy (non-hydrogen) atoms. The number of nitrogens with two attached hydrogens (primary N) is 1. The number of carbonyl (C=O) groups excluding carboxylic acids is 2. The maximum absolute atomic E-state index is 13.5. The molecule has 4 N–H and O–H groups in total. The molecule has 3 amide bonds. The number of rotatable bonds is 14. The molecule has 2 saturated carbocycles. The van der Waals surface area contributed by atoms with Crippen LogP contribution >= 0.6 is 0 Å². The number of nitrogens with one attached hydrogen (secondary N) is 1. The number of unbranched alkanes of at least 4 members (excludes halogenated alkanes) is 5. The molecule has 0 aromatic rings. The number of urea groups is 1. The summed E-state index contributed by atoms with van der Waals surface area (Å²) in [6.07, 6.45) is 14.5. The van der Waals surface area contributed by atoms with E-state index < -0.39 is 46.3 Å². The second-order valence-electron chi connectivity index (χ2n) is 14.1. The molecule has 0 aromatic heterocycles. The quantitative estimate of drug-likeness (QED) is 0.212. The highest BCUT2D eigenvalue weighted by molar-refractivity contribution is 5.83. The molecule has 9 nitrogen and oxygen atoms in total. The fraction of sp³-hybridized carbons (Fsp3) is 0.906. The lowest BCUT2D eigenvalue weighted by Gasteiger charge is -2.56. The molecule has 2 unspecified atom stereocenters. The lowest BCUT2D eigenvalue weighted by Crippen LogP contribution is -2.69. The van der Waals surface area contributed by atoms with Gasteiger partial charge in [0.2, 0.25) is 5.91 Å². The van der Waals surface area contributed by atoms with E-state index in [1.807, 2.05) is 18.7 Å². The number of carbonyl (C=O) groups is 3. The van der Waals surface area contributed by atoms with Crippen molar-refractivity contribution >= 4 is 17.9 Å². The van der Waals surface area contributed by atoms with E-state index in [0.29, 0.717) is 19.4 Å². The zero-order valence-corrected chi connectivity index (χ0v) is 26.4. The number of aliphatic carboxylic acids is 1. The van der Waals surface area contributed by atoms with Gasteiger partial charge in [0, 0.05) is 17.5 Å². The maximum atomic E-state index is 13.5. The topological polar surface area (TPSA) is 131 Å². The summed E-state index contributed by atoms with van der Waals surface area (Å²) in [4.78, 5) is 41.9. The number of carboxylic acids is 1. The Bertz CT molecular complexity index is 892. The van der Waals surface area contributed by atoms with Crippen molar-refractivity contribution < 1.29 is 29.0 Å². The van der Waals surface area contributed by atoms with Gasteiger partial charge < -0.3 is 30.5 Å². The predicted molar refractivity (Wildman–Crippen MR) is 159 cm³/mol. The molecular weight excluding hydrogens is 522 g/mol. The third-order valence-electron chi connectivity index (χ3n) is 9.96. The van der Waals surface area contributed by atoms with Crippen LogP contribution in [0, 0.1) is 11.3 Å². The van der Waals surface area contributed by atoms with Crippen molar-refractivity contribution in [2.24, 2.45) is 17.1 Å². The van der Waals surface area contributed by atoms with Crippen LogP contribution in [0.5, 0.6) is 0 Å². The summed E-state index contributed by atoms with van der Waals surface area (Å²) < 4.78 is 11.8. The number of ether oxygens (including phenoxy) is 2. The van der Waals surface area contributed by atoms with Crippen LogP contribution in [0.25, 0.3) is 0 Å². The predicted octanol–water partition coefficient (Wildman–Crippen LogP) is 6.13. The molecule has 2 aliphatic carbocycles. The van der Waals surface area contributed by atoms with E-state index in [9.17, 15) is 19.5 Å². The molecule has 3 rings (SSSR count). The molecule has 1 aliphatic heterocycles. The summed E-state index contributed by atoms with van der Waals surface area (Å²) >= 11 is 0. The van der Waals surface area contributed by atoms with Crippen LogP contribution in [-0.4, -0.2) is 64.0 Å². The van der Waals surface area contributed by atoms with Crippen LogP contribution in [0.2, 0.25) is 0 Å². The van der Waals surface area contributed by atoms with Gasteiger partial charge in [-0.1, -0.05) is 91.4 Å². The van der Waals surface area contributed by atoms with Crippen molar-refractivity contribution in [2.75, 3.05) is 13.2 Å². The Morgan fingerprint density at radius 1 is 0.927 bits per heavy atom. The molecule has 1 heterocycles. The zero-order valence-electron chi connectivity index (χ0n) is 26.4. The first kappa shape index (κ1) is 33.6. The first-order valence-electron chi connectivity index (χ1n) is 16.2. The average Bonchev–Trinajstić information content (AvgIpc) is 3.37. The minimum atomic E-state index is -1.00. The highest BCUT2D eigenvalue weighted by Crippen LogP contribution is 2.50. The van der Waals surface area contributed by atoms with Gasteiger partial charge in [0.25, 0.3) is 0 Å². The normalized spacial score (nSPS) is 25.2. The molecule has 0 aromatic carbocycles. The first-order valence-corrected chi connectivity index (χ1v) is 16.2. The van der Waals surface area contributed by atoms with Gasteiger partial charge in [0.1, 0.15) is 6.10 Å². The van der Waals surface area contributed by atoms with E-state index in [1.54, 1.807) is 13.8 Å². The van der Waals surface area contributed by atoms with Crippen molar-refractivity contribution in [3.63, 3.8) is 0 Å². The van der Waals surface area contributed by atoms with Crippen LogP contribution in [0.3, 0.4) is 0 Å². The van der Waals surface area contributed by atoms with Gasteiger partial charge in [0.05, 0.1) is 18.1 Å². The first-order chi connectivity index (χ1) is 19.3. The Morgan fingerprint density at radius 3 is 2.10 bits per heavy atom. The fourth-order valence-electron chi connectivity index (χ4n) is 7.79. The van der Waals surface area contributed by atoms with E-state index in [1.165, 1.54) is 25.7 Å². The van der Waals surface area contributed by atoms with Gasteiger partial charge >= 0.3 is 12.0 Å². The lowest BCUT2D eigenvalue weighted by molar-refractivity contribution is -0.304. The highest BCUT2D eigenvalue weighted by atomic mass is 16.7. The van der Waals surface area contributed by atoms with Crippen LogP contribution in [0.15, 0.2) is 0 Å². The largest absolute Gasteiger partial charge is 0.481 e. The smallest absolute Gasteiger partial charge is 0.315 e. The number of hydrogen-bond acceptors (Lipinski definition) is 5. The van der Waals surface area contributed by atoms with Crippen molar-refractivity contribution in [1.29, 1.82) is 0 Å². The number of hydrogen-bond donors (Lipinski definition) is 3.